The lowest BCUT2D eigenvalue weighted by Crippen LogP contribution is -2.12. The molecule has 1 heterocycles. The fourth-order valence-corrected chi connectivity index (χ4v) is 1.82. The molecule has 0 aliphatic heterocycles. The molecular weight excluding hydrogens is 252 g/mol. The number of hydrogen-bond donors (Lipinski definition) is 2. The number of furan rings is 1. The molecular formula is C13H13ClN2O2. The van der Waals surface area contributed by atoms with Gasteiger partial charge in [0, 0.05) is 11.4 Å². The number of amides is 1. The standard InChI is InChI=1S/C13H13ClN2O2/c1-7-6-11(8(2)5-10(7)15)16-13(17)9-3-4-18-12(9)14/h3-6H,15H2,1-2H3,(H,16,17). The minimum atomic E-state index is -0.305. The summed E-state index contributed by atoms with van der Waals surface area (Å²) in [6.07, 6.45) is 1.37. The van der Waals surface area contributed by atoms with E-state index in [1.54, 1.807) is 0 Å². The van der Waals surface area contributed by atoms with Gasteiger partial charge in [-0.1, -0.05) is 0 Å². The summed E-state index contributed by atoms with van der Waals surface area (Å²) in [5.41, 5.74) is 9.32. The van der Waals surface area contributed by atoms with Crippen LogP contribution < -0.4 is 11.1 Å². The zero-order valence-corrected chi connectivity index (χ0v) is 10.8. The Hall–Kier alpha value is -1.94. The Labute approximate surface area is 110 Å². The van der Waals surface area contributed by atoms with Gasteiger partial charge in [-0.2, -0.15) is 0 Å². The Bertz CT molecular complexity index is 605. The lowest BCUT2D eigenvalue weighted by atomic mass is 10.1. The van der Waals surface area contributed by atoms with Gasteiger partial charge in [-0.25, -0.2) is 0 Å². The molecule has 0 bridgehead atoms. The number of aryl methyl sites for hydroxylation is 2. The maximum Gasteiger partial charge on any atom is 0.260 e. The first-order valence-corrected chi connectivity index (χ1v) is 5.78. The zero-order chi connectivity index (χ0) is 13.3. The number of benzene rings is 1. The van der Waals surface area contributed by atoms with E-state index in [-0.39, 0.29) is 11.1 Å². The van der Waals surface area contributed by atoms with Crippen LogP contribution in [0, 0.1) is 13.8 Å². The fourth-order valence-electron chi connectivity index (χ4n) is 1.62. The lowest BCUT2D eigenvalue weighted by molar-refractivity contribution is 0.102. The van der Waals surface area contributed by atoms with Crippen molar-refractivity contribution in [3.05, 3.63) is 46.4 Å². The number of nitrogen functional groups attached to an aromatic ring is 1. The summed E-state index contributed by atoms with van der Waals surface area (Å²) in [4.78, 5) is 12.0. The van der Waals surface area contributed by atoms with Crippen molar-refractivity contribution in [1.82, 2.24) is 0 Å². The Morgan fingerprint density at radius 1 is 1.33 bits per heavy atom. The smallest absolute Gasteiger partial charge is 0.260 e. The fraction of sp³-hybridized carbons (Fsp3) is 0.154. The number of nitrogens with two attached hydrogens (primary N) is 1. The number of halogens is 1. The van der Waals surface area contributed by atoms with Crippen LogP contribution in [-0.2, 0) is 0 Å². The Kier molecular flexibility index (Phi) is 3.30. The van der Waals surface area contributed by atoms with Gasteiger partial charge in [0.2, 0.25) is 5.22 Å². The SMILES string of the molecule is Cc1cc(NC(=O)c2ccoc2Cl)c(C)cc1N. The van der Waals surface area contributed by atoms with Crippen LogP contribution in [0.1, 0.15) is 21.5 Å². The van der Waals surface area contributed by atoms with Gasteiger partial charge in [0.1, 0.15) is 0 Å². The Morgan fingerprint density at radius 3 is 2.67 bits per heavy atom. The molecule has 0 unspecified atom stereocenters. The molecule has 2 aromatic rings. The van der Waals surface area contributed by atoms with Crippen LogP contribution in [-0.4, -0.2) is 5.91 Å². The minimum absolute atomic E-state index is 0.0809. The average molecular weight is 265 g/mol. The zero-order valence-electron chi connectivity index (χ0n) is 10.1. The number of nitrogens with one attached hydrogen (secondary N) is 1. The van der Waals surface area contributed by atoms with Crippen molar-refractivity contribution in [2.45, 2.75) is 13.8 Å². The Balaban J connectivity index is 2.28. The molecule has 5 heteroatoms. The van der Waals surface area contributed by atoms with Crippen LogP contribution in [0.4, 0.5) is 11.4 Å². The van der Waals surface area contributed by atoms with Gasteiger partial charge in [-0.3, -0.25) is 4.79 Å². The van der Waals surface area contributed by atoms with E-state index in [2.05, 4.69) is 5.32 Å². The van der Waals surface area contributed by atoms with Crippen LogP contribution in [0.2, 0.25) is 5.22 Å². The molecule has 1 aromatic carbocycles. The maximum absolute atomic E-state index is 12.0. The van der Waals surface area contributed by atoms with Crippen molar-refractivity contribution in [3.8, 4) is 0 Å². The van der Waals surface area contributed by atoms with E-state index in [1.165, 1.54) is 12.3 Å². The van der Waals surface area contributed by atoms with Gasteiger partial charge < -0.3 is 15.5 Å². The number of anilines is 2. The number of carbonyl (C=O) groups excluding carboxylic acids is 1. The van der Waals surface area contributed by atoms with E-state index in [4.69, 9.17) is 21.8 Å². The van der Waals surface area contributed by atoms with Crippen molar-refractivity contribution in [2.75, 3.05) is 11.1 Å². The molecule has 18 heavy (non-hydrogen) atoms. The second kappa shape index (κ2) is 4.74. The third kappa shape index (κ3) is 2.33. The first kappa shape index (κ1) is 12.5. The maximum atomic E-state index is 12.0. The molecule has 1 aromatic heterocycles. The molecule has 1 amide bonds. The largest absolute Gasteiger partial charge is 0.452 e. The quantitative estimate of drug-likeness (QED) is 0.817. The van der Waals surface area contributed by atoms with Gasteiger partial charge >= 0.3 is 0 Å². The molecule has 0 radical (unpaired) electrons. The molecule has 0 aliphatic rings. The van der Waals surface area contributed by atoms with Gasteiger partial charge in [0.05, 0.1) is 11.8 Å². The third-order valence-corrected chi connectivity index (χ3v) is 3.02. The van der Waals surface area contributed by atoms with Crippen molar-refractivity contribution in [1.29, 1.82) is 0 Å². The van der Waals surface area contributed by atoms with Crippen molar-refractivity contribution in [2.24, 2.45) is 0 Å². The third-order valence-electron chi connectivity index (χ3n) is 2.72. The van der Waals surface area contributed by atoms with E-state index in [0.717, 1.165) is 11.1 Å². The monoisotopic (exact) mass is 264 g/mol. The molecule has 0 atom stereocenters. The second-order valence-corrected chi connectivity index (χ2v) is 4.43. The number of rotatable bonds is 2. The van der Waals surface area contributed by atoms with Crippen molar-refractivity contribution < 1.29 is 9.21 Å². The molecule has 0 fully saturated rings. The van der Waals surface area contributed by atoms with Crippen LogP contribution >= 0.6 is 11.6 Å². The van der Waals surface area contributed by atoms with Crippen LogP contribution in [0.15, 0.2) is 28.9 Å². The van der Waals surface area contributed by atoms with E-state index in [0.29, 0.717) is 16.9 Å². The highest BCUT2D eigenvalue weighted by Crippen LogP contribution is 2.24. The highest BCUT2D eigenvalue weighted by atomic mass is 35.5. The highest BCUT2D eigenvalue weighted by Gasteiger charge is 2.14. The summed E-state index contributed by atoms with van der Waals surface area (Å²) >= 11 is 5.75. The molecule has 0 saturated heterocycles. The van der Waals surface area contributed by atoms with Gasteiger partial charge in [-0.05, 0) is 54.8 Å². The summed E-state index contributed by atoms with van der Waals surface area (Å²) in [5, 5.41) is 2.86. The molecule has 4 nitrogen and oxygen atoms in total. The predicted octanol–water partition coefficient (Wildman–Crippen LogP) is 3.38. The molecule has 3 N–H and O–H groups in total. The molecule has 0 spiro atoms. The van der Waals surface area contributed by atoms with Crippen LogP contribution in [0.5, 0.6) is 0 Å². The normalized spacial score (nSPS) is 10.4. The van der Waals surface area contributed by atoms with Crippen molar-refractivity contribution >= 4 is 28.9 Å². The summed E-state index contributed by atoms with van der Waals surface area (Å²) in [5.74, 6) is -0.305. The minimum Gasteiger partial charge on any atom is -0.452 e. The molecule has 2 rings (SSSR count). The Morgan fingerprint density at radius 2 is 2.06 bits per heavy atom. The topological polar surface area (TPSA) is 68.3 Å². The first-order valence-electron chi connectivity index (χ1n) is 5.40. The van der Waals surface area contributed by atoms with Crippen LogP contribution in [0.25, 0.3) is 0 Å². The van der Waals surface area contributed by atoms with Crippen LogP contribution in [0.3, 0.4) is 0 Å². The summed E-state index contributed by atoms with van der Waals surface area (Å²) < 4.78 is 4.88. The molecule has 94 valence electrons. The predicted molar refractivity (Wildman–Crippen MR) is 72.0 cm³/mol. The molecule has 0 saturated carbocycles. The highest BCUT2D eigenvalue weighted by molar-refractivity contribution is 6.32. The van der Waals surface area contributed by atoms with E-state index < -0.39 is 0 Å². The number of carbonyl (C=O) groups is 1. The molecule has 0 aliphatic carbocycles. The van der Waals surface area contributed by atoms with Gasteiger partial charge in [-0.15, -0.1) is 0 Å². The lowest BCUT2D eigenvalue weighted by Gasteiger charge is -2.10. The average Bonchev–Trinajstić information content (AvgIpc) is 2.72. The second-order valence-electron chi connectivity index (χ2n) is 4.09. The number of hydrogen-bond acceptors (Lipinski definition) is 3. The summed E-state index contributed by atoms with van der Waals surface area (Å²) in [7, 11) is 0. The van der Waals surface area contributed by atoms with E-state index in [1.807, 2.05) is 26.0 Å². The van der Waals surface area contributed by atoms with Gasteiger partial charge in [0.15, 0.2) is 0 Å². The van der Waals surface area contributed by atoms with E-state index >= 15 is 0 Å². The van der Waals surface area contributed by atoms with Gasteiger partial charge in [0.25, 0.3) is 5.91 Å². The first-order chi connectivity index (χ1) is 8.49. The summed E-state index contributed by atoms with van der Waals surface area (Å²) in [6.45, 7) is 3.76. The summed E-state index contributed by atoms with van der Waals surface area (Å²) in [6, 6.07) is 5.18. The van der Waals surface area contributed by atoms with Crippen molar-refractivity contribution in [3.63, 3.8) is 0 Å². The van der Waals surface area contributed by atoms with E-state index in [9.17, 15) is 4.79 Å².